The zero-order chi connectivity index (χ0) is 14.8. The van der Waals surface area contributed by atoms with Crippen molar-refractivity contribution in [2.75, 3.05) is 0 Å². The maximum absolute atomic E-state index is 13.0. The number of ether oxygens (including phenoxy) is 1. The molecular weight excluding hydrogens is 299 g/mol. The molecule has 0 aromatic rings. The fourth-order valence-electron chi connectivity index (χ4n) is 1.19. The minimum Gasteiger partial charge on any atom is -0.237 e. The average molecular weight is 299 g/mol. The Morgan fingerprint density at radius 3 is 1.39 bits per heavy atom. The summed E-state index contributed by atoms with van der Waals surface area (Å²) in [6.07, 6.45) is -26.4. The van der Waals surface area contributed by atoms with Crippen LogP contribution in [0.15, 0.2) is 0 Å². The van der Waals surface area contributed by atoms with Gasteiger partial charge >= 0.3 is 30.6 Å². The molecule has 0 aliphatic carbocycles. The van der Waals surface area contributed by atoms with Gasteiger partial charge in [0.15, 0.2) is 0 Å². The summed E-state index contributed by atoms with van der Waals surface area (Å²) < 4.78 is 136. The molecule has 1 unspecified atom stereocenters. The van der Waals surface area contributed by atoms with Gasteiger partial charge in [-0.15, -0.1) is 0 Å². The van der Waals surface area contributed by atoms with Gasteiger partial charge in [-0.3, -0.25) is 0 Å². The molecule has 1 rings (SSSR count). The van der Waals surface area contributed by atoms with Crippen LogP contribution in [0.25, 0.3) is 0 Å². The third-order valence-electron chi connectivity index (χ3n) is 1.83. The molecule has 108 valence electrons. The molecule has 1 fully saturated rings. The summed E-state index contributed by atoms with van der Waals surface area (Å²) in [5.41, 5.74) is 0. The van der Waals surface area contributed by atoms with E-state index in [2.05, 4.69) is 0 Å². The van der Waals surface area contributed by atoms with Crippen molar-refractivity contribution >= 4 is 0 Å². The van der Waals surface area contributed by atoms with Gasteiger partial charge in [0, 0.05) is 0 Å². The predicted molar refractivity (Wildman–Crippen MR) is 28.8 cm³/mol. The number of nitrogens with zero attached hydrogens (tertiary/aromatic N) is 1. The molecule has 0 saturated carbocycles. The Balaban J connectivity index is 3.52. The van der Waals surface area contributed by atoms with E-state index >= 15 is 0 Å². The van der Waals surface area contributed by atoms with E-state index < -0.39 is 35.5 Å². The van der Waals surface area contributed by atoms with E-state index in [0.717, 1.165) is 0 Å². The second-order valence-electron chi connectivity index (χ2n) is 3.03. The van der Waals surface area contributed by atoms with E-state index in [1.54, 1.807) is 0 Å². The van der Waals surface area contributed by atoms with Crippen LogP contribution in [0, 0.1) is 0 Å². The molecule has 0 spiro atoms. The third-order valence-corrected chi connectivity index (χ3v) is 1.83. The molecule has 0 N–H and O–H groups in total. The van der Waals surface area contributed by atoms with Gasteiger partial charge in [-0.25, -0.2) is 9.13 Å². The Morgan fingerprint density at radius 2 is 1.17 bits per heavy atom. The lowest BCUT2D eigenvalue weighted by Crippen LogP contribution is -2.66. The van der Waals surface area contributed by atoms with Gasteiger partial charge in [-0.1, -0.05) is 4.90 Å². The van der Waals surface area contributed by atoms with E-state index in [0.29, 0.717) is 0 Å². The fraction of sp³-hybridized carbons (Fsp3) is 1.00. The zero-order valence-electron chi connectivity index (χ0n) is 7.51. The highest BCUT2D eigenvalue weighted by atomic mass is 19.4. The van der Waals surface area contributed by atoms with Gasteiger partial charge in [0.2, 0.25) is 0 Å². The van der Waals surface area contributed by atoms with Crippen LogP contribution in [0.4, 0.5) is 48.3 Å². The number of hydrogen-bond acceptors (Lipinski definition) is 2. The van der Waals surface area contributed by atoms with Crippen LogP contribution in [-0.4, -0.2) is 35.5 Å². The van der Waals surface area contributed by atoms with Gasteiger partial charge in [0.05, 0.1) is 0 Å². The molecule has 1 heterocycles. The van der Waals surface area contributed by atoms with Gasteiger partial charge in [0.25, 0.3) is 0 Å². The van der Waals surface area contributed by atoms with Crippen molar-refractivity contribution < 1.29 is 53.0 Å². The number of alkyl halides is 11. The van der Waals surface area contributed by atoms with Crippen LogP contribution >= 0.6 is 0 Å². The highest BCUT2D eigenvalue weighted by Gasteiger charge is 2.91. The quantitative estimate of drug-likeness (QED) is 0.503. The van der Waals surface area contributed by atoms with Gasteiger partial charge < -0.3 is 0 Å². The molecule has 0 amide bonds. The Morgan fingerprint density at radius 1 is 0.778 bits per heavy atom. The average Bonchev–Trinajstić information content (AvgIpc) is 2.09. The zero-order valence-corrected chi connectivity index (χ0v) is 7.51. The van der Waals surface area contributed by atoms with Crippen LogP contribution in [0.5, 0.6) is 0 Å². The number of halogens is 11. The largest absolute Gasteiger partial charge is 0.470 e. The maximum atomic E-state index is 13.0. The molecule has 0 radical (unpaired) electrons. The highest BCUT2D eigenvalue weighted by molar-refractivity contribution is 5.02. The van der Waals surface area contributed by atoms with Crippen LogP contribution in [0.1, 0.15) is 0 Å². The summed E-state index contributed by atoms with van der Waals surface area (Å²) in [7, 11) is 0. The summed E-state index contributed by atoms with van der Waals surface area (Å²) in [4.78, 5) is -3.31. The first-order chi connectivity index (χ1) is 7.57. The second kappa shape index (κ2) is 3.37. The summed E-state index contributed by atoms with van der Waals surface area (Å²) in [5, 5.41) is 0. The van der Waals surface area contributed by atoms with Gasteiger partial charge in [-0.2, -0.15) is 43.9 Å². The molecule has 0 aromatic carbocycles. The lowest BCUT2D eigenvalue weighted by Gasteiger charge is -2.34. The Labute approximate surface area is 89.9 Å². The number of rotatable bonds is 0. The molecule has 0 aromatic heterocycles. The van der Waals surface area contributed by atoms with E-state index in [4.69, 9.17) is 0 Å². The van der Waals surface area contributed by atoms with E-state index in [1.807, 2.05) is 4.74 Å². The van der Waals surface area contributed by atoms with E-state index in [9.17, 15) is 48.3 Å². The standard InChI is InChI=1S/C5F11NO/c6-1(2(7,8)9)3(10,11)18-5(15,16)17(1)4(12,13)14. The van der Waals surface area contributed by atoms with Crippen LogP contribution < -0.4 is 0 Å². The molecule has 1 aliphatic heterocycles. The monoisotopic (exact) mass is 299 g/mol. The van der Waals surface area contributed by atoms with Crippen LogP contribution in [-0.2, 0) is 4.74 Å². The lowest BCUT2D eigenvalue weighted by molar-refractivity contribution is -0.427. The molecule has 0 bridgehead atoms. The Kier molecular flexibility index (Phi) is 2.85. The highest BCUT2D eigenvalue weighted by Crippen LogP contribution is 2.61. The van der Waals surface area contributed by atoms with Crippen molar-refractivity contribution in [3.8, 4) is 0 Å². The topological polar surface area (TPSA) is 12.5 Å². The van der Waals surface area contributed by atoms with Crippen LogP contribution in [0.2, 0.25) is 0 Å². The first-order valence-electron chi connectivity index (χ1n) is 3.66. The molecule has 1 atom stereocenters. The SMILES string of the molecule is FC(F)(F)N1C(F)(F)OC(F)(F)C1(F)C(F)(F)F. The summed E-state index contributed by atoms with van der Waals surface area (Å²) in [6.45, 7) is 0. The first-order valence-corrected chi connectivity index (χ1v) is 3.66. The molecule has 13 heteroatoms. The maximum Gasteiger partial charge on any atom is 0.470 e. The Hall–Kier alpha value is -0.850. The van der Waals surface area contributed by atoms with Crippen LogP contribution in [0.3, 0.4) is 0 Å². The lowest BCUT2D eigenvalue weighted by atomic mass is 10.2. The third kappa shape index (κ3) is 1.79. The van der Waals surface area contributed by atoms with Crippen molar-refractivity contribution in [1.82, 2.24) is 4.90 Å². The van der Waals surface area contributed by atoms with Crippen molar-refractivity contribution in [1.29, 1.82) is 0 Å². The molecule has 2 nitrogen and oxygen atoms in total. The Bertz CT molecular complexity index is 344. The molecular formula is C5F11NO. The molecule has 18 heavy (non-hydrogen) atoms. The van der Waals surface area contributed by atoms with Crippen molar-refractivity contribution in [2.45, 2.75) is 30.6 Å². The van der Waals surface area contributed by atoms with Crippen molar-refractivity contribution in [3.05, 3.63) is 0 Å². The van der Waals surface area contributed by atoms with E-state index in [-0.39, 0.29) is 0 Å². The minimum absolute atomic E-state index is 1.96. The minimum atomic E-state index is -6.98. The van der Waals surface area contributed by atoms with Gasteiger partial charge in [0.1, 0.15) is 0 Å². The van der Waals surface area contributed by atoms with E-state index in [1.165, 1.54) is 0 Å². The summed E-state index contributed by atoms with van der Waals surface area (Å²) in [5.74, 6) is -6.73. The first kappa shape index (κ1) is 15.2. The smallest absolute Gasteiger partial charge is 0.237 e. The molecule has 1 aliphatic rings. The summed E-state index contributed by atoms with van der Waals surface area (Å²) >= 11 is 0. The normalized spacial score (nSPS) is 32.8. The van der Waals surface area contributed by atoms with Crippen molar-refractivity contribution in [2.24, 2.45) is 0 Å². The number of hydrogen-bond donors (Lipinski definition) is 0. The second-order valence-corrected chi connectivity index (χ2v) is 3.03. The van der Waals surface area contributed by atoms with Gasteiger partial charge in [-0.05, 0) is 0 Å². The van der Waals surface area contributed by atoms with Crippen molar-refractivity contribution in [3.63, 3.8) is 0 Å². The fourth-order valence-corrected chi connectivity index (χ4v) is 1.19. The predicted octanol–water partition coefficient (Wildman–Crippen LogP) is 3.21. The molecule has 1 saturated heterocycles. The summed E-state index contributed by atoms with van der Waals surface area (Å²) in [6, 6.07) is 0.